The molecule has 0 aliphatic rings. The molecule has 308 valence electrons. The Hall–Kier alpha value is -0.380. The van der Waals surface area contributed by atoms with E-state index in [1.807, 2.05) is 4.93 Å². The number of carboxylic acids is 1. The fourth-order valence-corrected chi connectivity index (χ4v) is 2.21. The third-order valence-electron chi connectivity index (χ3n) is 3.12. The maximum absolute atomic E-state index is 11.1. The van der Waals surface area contributed by atoms with Crippen LogP contribution in [0.1, 0.15) is 0 Å². The van der Waals surface area contributed by atoms with Gasteiger partial charge < -0.3 is 43.7 Å². The van der Waals surface area contributed by atoms with Crippen molar-refractivity contribution < 1.29 is 77.3 Å². The number of rotatable bonds is 15. The minimum atomic E-state index is -0.980. The van der Waals surface area contributed by atoms with Gasteiger partial charge in [-0.1, -0.05) is 47.0 Å². The van der Waals surface area contributed by atoms with Gasteiger partial charge in [-0.05, 0) is 17.4 Å². The zero-order valence-electron chi connectivity index (χ0n) is 27.7. The number of aliphatic hydroxyl groups is 2. The van der Waals surface area contributed by atoms with E-state index in [-0.39, 0.29) is 104 Å². The molecule has 0 saturated heterocycles. The monoisotopic (exact) mass is 1060 g/mol. The van der Waals surface area contributed by atoms with Crippen LogP contribution in [0.2, 0.25) is 0 Å². The number of aliphatic hydroxyl groups excluding tert-OH is 2. The molecular formula is C25H40Cl5IO16S5. The Morgan fingerprint density at radius 3 is 0.846 bits per heavy atom. The van der Waals surface area contributed by atoms with Crippen molar-refractivity contribution >= 4 is 192 Å². The van der Waals surface area contributed by atoms with Crippen LogP contribution in [0.15, 0.2) is 0 Å². The van der Waals surface area contributed by atoms with E-state index in [1.54, 1.807) is 12.5 Å². The van der Waals surface area contributed by atoms with Crippen LogP contribution in [0.4, 0.5) is 0 Å². The van der Waals surface area contributed by atoms with Crippen LogP contribution in [0, 0.1) is 0 Å². The topological polar surface area (TPSA) is 236 Å². The second-order valence-corrected chi connectivity index (χ2v) is 10.9. The molecule has 0 aliphatic heterocycles. The van der Waals surface area contributed by atoms with Crippen molar-refractivity contribution in [2.45, 2.75) is 0 Å². The summed E-state index contributed by atoms with van der Waals surface area (Å²) in [6.07, 6.45) is 3.36. The van der Waals surface area contributed by atoms with Crippen LogP contribution < -0.4 is 0 Å². The van der Waals surface area contributed by atoms with Crippen molar-refractivity contribution in [3.8, 4) is 0 Å². The van der Waals surface area contributed by atoms with E-state index in [0.29, 0.717) is 0 Å². The number of aliphatic carboxylic acids is 1. The Morgan fingerprint density at radius 2 is 0.712 bits per heavy atom. The summed E-state index contributed by atoms with van der Waals surface area (Å²) in [4.78, 5) is 74.9. The number of ether oxygens (including phenoxy) is 6. The highest BCUT2D eigenvalue weighted by atomic mass is 127. The minimum Gasteiger partial charge on any atom is -0.480 e. The first-order chi connectivity index (χ1) is 24.1. The first kappa shape index (κ1) is 66.4. The van der Waals surface area contributed by atoms with Gasteiger partial charge in [-0.25, -0.2) is 9.59 Å². The normalized spacial score (nSPS) is 8.52. The smallest absolute Gasteiger partial charge is 0.355 e. The summed E-state index contributed by atoms with van der Waals surface area (Å²) in [5.74, 6) is -5.43. The number of carboxylic acid groups (broad SMARTS) is 1. The van der Waals surface area contributed by atoms with Gasteiger partial charge in [-0.3, -0.25) is 24.0 Å². The molecule has 0 spiro atoms. The zero-order chi connectivity index (χ0) is 41.0. The average molecular weight is 1060 g/mol. The molecule has 0 rings (SSSR count). The van der Waals surface area contributed by atoms with Crippen LogP contribution in [-0.2, 0) is 62.0 Å². The number of carbonyl (C=O) groups excluding carboxylic acids is 6. The van der Waals surface area contributed by atoms with E-state index in [4.69, 9.17) is 107 Å². The SMILES string of the molecule is CI.CSC(=S)C(=O)OCCOC(=O)C(=S)SC.O=C(CCl)OCCOC(=O)CCl.O=C(CCl)OCCOC(=O)CCl.O=C(O)CCl.OCCO.S. The number of halogens is 6. The maximum atomic E-state index is 11.1. The Bertz CT molecular complexity index is 887. The molecule has 0 aliphatic carbocycles. The van der Waals surface area contributed by atoms with Gasteiger partial charge in [0.1, 0.15) is 69.0 Å². The molecule has 16 nitrogen and oxygen atoms in total. The third kappa shape index (κ3) is 61.6. The highest BCUT2D eigenvalue weighted by molar-refractivity contribution is 14.1. The first-order valence-electron chi connectivity index (χ1n) is 12.9. The van der Waals surface area contributed by atoms with Gasteiger partial charge in [0.2, 0.25) is 0 Å². The van der Waals surface area contributed by atoms with Crippen molar-refractivity contribution in [2.75, 3.05) is 99.7 Å². The molecule has 27 heteroatoms. The van der Waals surface area contributed by atoms with Crippen LogP contribution in [0.5, 0.6) is 0 Å². The summed E-state index contributed by atoms with van der Waals surface area (Å²) in [5, 5.41) is 22.8. The summed E-state index contributed by atoms with van der Waals surface area (Å²) >= 11 is 39.0. The van der Waals surface area contributed by atoms with Crippen LogP contribution in [-0.4, -0.2) is 165 Å². The Labute approximate surface area is 366 Å². The molecule has 0 unspecified atom stereocenters. The summed E-state index contributed by atoms with van der Waals surface area (Å²) in [6, 6.07) is 0. The molecule has 3 N–H and O–H groups in total. The predicted molar refractivity (Wildman–Crippen MR) is 224 cm³/mol. The van der Waals surface area contributed by atoms with Gasteiger partial charge in [0, 0.05) is 0 Å². The Morgan fingerprint density at radius 1 is 0.519 bits per heavy atom. The maximum Gasteiger partial charge on any atom is 0.355 e. The van der Waals surface area contributed by atoms with Crippen molar-refractivity contribution in [1.29, 1.82) is 0 Å². The second-order valence-electron chi connectivity index (χ2n) is 6.65. The molecule has 0 amide bonds. The number of thioether (sulfide) groups is 2. The summed E-state index contributed by atoms with van der Waals surface area (Å²) in [6.45, 7) is -0.269. The van der Waals surface area contributed by atoms with Gasteiger partial charge >= 0.3 is 41.8 Å². The lowest BCUT2D eigenvalue weighted by Crippen LogP contribution is -2.19. The number of hydrogen-bond donors (Lipinski definition) is 3. The van der Waals surface area contributed by atoms with E-state index in [2.05, 4.69) is 41.5 Å². The molecule has 0 aromatic carbocycles. The van der Waals surface area contributed by atoms with Crippen LogP contribution in [0.25, 0.3) is 0 Å². The summed E-state index contributed by atoms with van der Waals surface area (Å²) in [5.41, 5.74) is 0. The number of carbonyl (C=O) groups is 7. The van der Waals surface area contributed by atoms with Gasteiger partial charge in [-0.2, -0.15) is 13.5 Å². The second kappa shape index (κ2) is 55.0. The summed E-state index contributed by atoms with van der Waals surface area (Å²) < 4.78 is 27.7. The number of hydrogen-bond acceptors (Lipinski definition) is 19. The highest BCUT2D eigenvalue weighted by Gasteiger charge is 2.11. The molecule has 0 aromatic heterocycles. The lowest BCUT2D eigenvalue weighted by atomic mass is 10.7. The lowest BCUT2D eigenvalue weighted by Gasteiger charge is -2.05. The predicted octanol–water partition coefficient (Wildman–Crippen LogP) is 3.00. The Kier molecular flexibility index (Phi) is 70.2. The third-order valence-corrected chi connectivity index (χ3v) is 6.63. The Balaban J connectivity index is -0.000000102. The molecule has 0 radical (unpaired) electrons. The molecule has 0 fully saturated rings. The van der Waals surface area contributed by atoms with Gasteiger partial charge in [-0.15, -0.1) is 81.5 Å². The van der Waals surface area contributed by atoms with E-state index in [9.17, 15) is 33.6 Å². The van der Waals surface area contributed by atoms with Gasteiger partial charge in [0.25, 0.3) is 0 Å². The minimum absolute atomic E-state index is 0. The fraction of sp³-hybridized carbons (Fsp3) is 0.640. The molecule has 52 heavy (non-hydrogen) atoms. The molecular weight excluding hydrogens is 1020 g/mol. The largest absolute Gasteiger partial charge is 0.480 e. The number of esters is 6. The van der Waals surface area contributed by atoms with Crippen molar-refractivity contribution in [2.24, 2.45) is 0 Å². The van der Waals surface area contributed by atoms with Crippen LogP contribution in [0.3, 0.4) is 0 Å². The van der Waals surface area contributed by atoms with Crippen molar-refractivity contribution in [3.63, 3.8) is 0 Å². The molecule has 0 atom stereocenters. The zero-order valence-corrected chi connectivity index (χ0v) is 37.9. The molecule has 0 bridgehead atoms. The standard InChI is InChI=1S/C8H10O4S4.2C6H8Cl2O4.C2H3ClO2.C2H6O2.CH3I.H2S/c1-15-7(13)5(9)11-3-4-12-6(10)8(14)16-2;2*7-3-5(9)11-1-2-12-6(10)4-8;3-1-2(4)5;3-1-2-4;1-2;/h3-4H2,1-2H3;2*1-4H2;1H2,(H,4,5);3-4H,1-2H2;1H3;1H2. The molecule has 0 heterocycles. The van der Waals surface area contributed by atoms with E-state index < -0.39 is 41.8 Å². The van der Waals surface area contributed by atoms with E-state index in [1.165, 1.54) is 0 Å². The number of alkyl halides is 6. The average Bonchev–Trinajstić information content (AvgIpc) is 3.16. The lowest BCUT2D eigenvalue weighted by molar-refractivity contribution is -0.149. The quantitative estimate of drug-likeness (QED) is 0.0534. The van der Waals surface area contributed by atoms with Crippen molar-refractivity contribution in [1.82, 2.24) is 0 Å². The molecule has 0 saturated carbocycles. The molecule has 0 aromatic rings. The first-order valence-corrected chi connectivity index (χ1v) is 21.0. The van der Waals surface area contributed by atoms with E-state index in [0.717, 1.165) is 23.5 Å². The fourth-order valence-electron chi connectivity index (χ4n) is 1.33. The summed E-state index contributed by atoms with van der Waals surface area (Å²) in [7, 11) is 0. The highest BCUT2D eigenvalue weighted by Crippen LogP contribution is 2.02. The van der Waals surface area contributed by atoms with Crippen molar-refractivity contribution in [3.05, 3.63) is 0 Å². The van der Waals surface area contributed by atoms with Crippen LogP contribution >= 0.6 is 142 Å². The van der Waals surface area contributed by atoms with Gasteiger partial charge in [0.15, 0.2) is 8.39 Å². The van der Waals surface area contributed by atoms with Gasteiger partial charge in [0.05, 0.1) is 13.2 Å². The van der Waals surface area contributed by atoms with E-state index >= 15 is 0 Å². The number of thiocarbonyl (C=S) groups is 2.